The Morgan fingerprint density at radius 1 is 0.933 bits per heavy atom. The lowest BCUT2D eigenvalue weighted by Gasteiger charge is -2.34. The molecule has 1 aliphatic heterocycles. The highest BCUT2D eigenvalue weighted by atomic mass is 79.9. The highest BCUT2D eigenvalue weighted by Crippen LogP contribution is 2.34. The second kappa shape index (κ2) is 15.1. The van der Waals surface area contributed by atoms with Gasteiger partial charge in [-0.25, -0.2) is 4.79 Å². The summed E-state index contributed by atoms with van der Waals surface area (Å²) in [6.45, 7) is 1.61. The normalized spacial score (nSPS) is 16.5. The van der Waals surface area contributed by atoms with E-state index in [0.29, 0.717) is 54.4 Å². The van der Waals surface area contributed by atoms with Gasteiger partial charge in [0.2, 0.25) is 5.91 Å². The second-order valence-corrected chi connectivity index (χ2v) is 11.9. The smallest absolute Gasteiger partial charge is 0.404 e. The molecule has 0 unspecified atom stereocenters. The molecule has 1 heterocycles. The Morgan fingerprint density at radius 2 is 1.58 bits per heavy atom. The molecule has 1 fully saturated rings. The SMILES string of the molecule is Nc1cc(Br)ccc1OC[C@@H]1CNC[C@@H](CCc2ccccc2NC(=O)C(CNC(=O)O)(c2ccccc2)c2ccccc2)O1. The van der Waals surface area contributed by atoms with Gasteiger partial charge in [-0.15, -0.1) is 0 Å². The summed E-state index contributed by atoms with van der Waals surface area (Å²) >= 11 is 3.41. The van der Waals surface area contributed by atoms with Gasteiger partial charge in [0, 0.05) is 29.8 Å². The number of benzene rings is 4. The number of ether oxygens (including phenoxy) is 2. The van der Waals surface area contributed by atoms with Crippen molar-refractivity contribution in [3.63, 3.8) is 0 Å². The third-order valence-corrected chi connectivity index (χ3v) is 8.45. The van der Waals surface area contributed by atoms with E-state index in [2.05, 4.69) is 31.9 Å². The van der Waals surface area contributed by atoms with Crippen molar-refractivity contribution >= 4 is 39.3 Å². The van der Waals surface area contributed by atoms with Gasteiger partial charge >= 0.3 is 6.09 Å². The van der Waals surface area contributed by atoms with E-state index in [-0.39, 0.29) is 24.7 Å². The fourth-order valence-electron chi connectivity index (χ4n) is 5.65. The van der Waals surface area contributed by atoms with Crippen LogP contribution in [0.15, 0.2) is 108 Å². The second-order valence-electron chi connectivity index (χ2n) is 11.0. The van der Waals surface area contributed by atoms with Crippen molar-refractivity contribution in [2.45, 2.75) is 30.5 Å². The first kappa shape index (κ1) is 32.0. The third kappa shape index (κ3) is 8.02. The third-order valence-electron chi connectivity index (χ3n) is 7.95. The molecule has 10 heteroatoms. The number of amides is 2. The highest BCUT2D eigenvalue weighted by Gasteiger charge is 2.42. The molecule has 234 valence electrons. The Kier molecular flexibility index (Phi) is 10.7. The number of nitrogen functional groups attached to an aromatic ring is 1. The van der Waals surface area contributed by atoms with E-state index in [1.807, 2.05) is 97.1 Å². The summed E-state index contributed by atoms with van der Waals surface area (Å²) in [7, 11) is 0. The van der Waals surface area contributed by atoms with Crippen molar-refractivity contribution in [2.24, 2.45) is 0 Å². The minimum Gasteiger partial charge on any atom is -0.489 e. The number of carboxylic acid groups (broad SMARTS) is 1. The molecule has 6 N–H and O–H groups in total. The van der Waals surface area contributed by atoms with Crippen LogP contribution in [0.5, 0.6) is 5.75 Å². The zero-order chi connectivity index (χ0) is 31.6. The number of carbonyl (C=O) groups is 2. The fraction of sp³-hybridized carbons (Fsp3) is 0.257. The fourth-order valence-corrected chi connectivity index (χ4v) is 6.03. The van der Waals surface area contributed by atoms with Crippen LogP contribution in [-0.2, 0) is 21.4 Å². The van der Waals surface area contributed by atoms with E-state index < -0.39 is 11.5 Å². The molecule has 0 bridgehead atoms. The lowest BCUT2D eigenvalue weighted by Crippen LogP contribution is -2.50. The quantitative estimate of drug-likeness (QED) is 0.124. The van der Waals surface area contributed by atoms with Crippen molar-refractivity contribution in [2.75, 3.05) is 37.3 Å². The zero-order valence-electron chi connectivity index (χ0n) is 24.7. The number of hydrogen-bond donors (Lipinski definition) is 5. The summed E-state index contributed by atoms with van der Waals surface area (Å²) < 4.78 is 13.2. The first-order valence-electron chi connectivity index (χ1n) is 14.9. The predicted octanol–water partition coefficient (Wildman–Crippen LogP) is 5.59. The number of anilines is 2. The van der Waals surface area contributed by atoms with Crippen molar-refractivity contribution < 1.29 is 24.2 Å². The lowest BCUT2D eigenvalue weighted by atomic mass is 9.73. The molecular formula is C35H37BrN4O5. The van der Waals surface area contributed by atoms with Gasteiger partial charge in [0.25, 0.3) is 0 Å². The van der Waals surface area contributed by atoms with E-state index in [4.69, 9.17) is 15.2 Å². The number of halogens is 1. The molecule has 0 aliphatic carbocycles. The summed E-state index contributed by atoms with van der Waals surface area (Å²) in [5, 5.41) is 18.6. The maximum Gasteiger partial charge on any atom is 0.404 e. The van der Waals surface area contributed by atoms with Crippen LogP contribution < -0.4 is 26.4 Å². The number of rotatable bonds is 12. The van der Waals surface area contributed by atoms with Crippen LogP contribution >= 0.6 is 15.9 Å². The van der Waals surface area contributed by atoms with E-state index in [1.54, 1.807) is 6.07 Å². The summed E-state index contributed by atoms with van der Waals surface area (Å²) in [4.78, 5) is 26.0. The van der Waals surface area contributed by atoms with E-state index >= 15 is 0 Å². The van der Waals surface area contributed by atoms with E-state index in [1.165, 1.54) is 0 Å². The summed E-state index contributed by atoms with van der Waals surface area (Å²) in [6, 6.07) is 31.7. The molecule has 0 radical (unpaired) electrons. The van der Waals surface area contributed by atoms with Crippen LogP contribution in [0.1, 0.15) is 23.1 Å². The maximum absolute atomic E-state index is 14.4. The summed E-state index contributed by atoms with van der Waals surface area (Å²) in [5.74, 6) is 0.287. The molecule has 0 aromatic heterocycles. The molecule has 0 saturated carbocycles. The van der Waals surface area contributed by atoms with Gasteiger partial charge in [-0.1, -0.05) is 94.8 Å². The maximum atomic E-state index is 14.4. The van der Waals surface area contributed by atoms with Gasteiger partial charge in [0.05, 0.1) is 11.8 Å². The minimum absolute atomic E-state index is 0.0501. The number of aryl methyl sites for hydroxylation is 1. The molecule has 2 atom stereocenters. The Bertz CT molecular complexity index is 1550. The van der Waals surface area contributed by atoms with Gasteiger partial charge in [-0.2, -0.15) is 0 Å². The van der Waals surface area contributed by atoms with Crippen molar-refractivity contribution in [3.8, 4) is 5.75 Å². The molecule has 4 aromatic carbocycles. The number of nitrogens with two attached hydrogens (primary N) is 1. The molecule has 9 nitrogen and oxygen atoms in total. The van der Waals surface area contributed by atoms with Crippen LogP contribution in [0.4, 0.5) is 16.2 Å². The van der Waals surface area contributed by atoms with Gasteiger partial charge in [0.1, 0.15) is 23.9 Å². The molecule has 4 aromatic rings. The van der Waals surface area contributed by atoms with Gasteiger partial charge in [0.15, 0.2) is 0 Å². The summed E-state index contributed by atoms with van der Waals surface area (Å²) in [5.41, 5.74) is 8.31. The Morgan fingerprint density at radius 3 is 2.24 bits per heavy atom. The predicted molar refractivity (Wildman–Crippen MR) is 179 cm³/mol. The monoisotopic (exact) mass is 672 g/mol. The van der Waals surface area contributed by atoms with Gasteiger partial charge in [-0.05, 0) is 53.8 Å². The molecule has 5 rings (SSSR count). The molecule has 1 aliphatic rings. The average Bonchev–Trinajstić information content (AvgIpc) is 3.05. The number of morpholine rings is 1. The van der Waals surface area contributed by atoms with Crippen molar-refractivity contribution in [1.82, 2.24) is 10.6 Å². The Labute approximate surface area is 271 Å². The van der Waals surface area contributed by atoms with E-state index in [9.17, 15) is 14.7 Å². The number of nitrogens with one attached hydrogen (secondary N) is 3. The van der Waals surface area contributed by atoms with Crippen LogP contribution in [-0.4, -0.2) is 55.6 Å². The van der Waals surface area contributed by atoms with Gasteiger partial charge in [-0.3, -0.25) is 4.79 Å². The number of hydrogen-bond acceptors (Lipinski definition) is 6. The van der Waals surface area contributed by atoms with Crippen LogP contribution in [0.2, 0.25) is 0 Å². The molecule has 2 amide bonds. The molecule has 0 spiro atoms. The zero-order valence-corrected chi connectivity index (χ0v) is 26.3. The average molecular weight is 674 g/mol. The first-order chi connectivity index (χ1) is 21.8. The van der Waals surface area contributed by atoms with Crippen molar-refractivity contribution in [3.05, 3.63) is 124 Å². The van der Waals surface area contributed by atoms with Crippen LogP contribution in [0.3, 0.4) is 0 Å². The molecule has 1 saturated heterocycles. The van der Waals surface area contributed by atoms with Crippen LogP contribution in [0, 0.1) is 0 Å². The topological polar surface area (TPSA) is 135 Å². The largest absolute Gasteiger partial charge is 0.489 e. The highest BCUT2D eigenvalue weighted by molar-refractivity contribution is 9.10. The number of carbonyl (C=O) groups excluding carboxylic acids is 1. The molecule has 45 heavy (non-hydrogen) atoms. The minimum atomic E-state index is -1.31. The number of para-hydroxylation sites is 1. The Balaban J connectivity index is 1.30. The Hall–Kier alpha value is -4.38. The standard InChI is InChI=1S/C35H37BrN4O5/c36-27-16-18-32(30(37)19-27)44-22-29-21-38-20-28(45-29)17-15-24-9-7-8-14-31(24)40-33(41)35(23-39-34(42)43,25-10-3-1-4-11-25)26-12-5-2-6-13-26/h1-14,16,18-19,28-29,38-39H,15,17,20-23,37H2,(H,40,41)(H,42,43)/t28-,29+/m1/s1. The van der Waals surface area contributed by atoms with Crippen molar-refractivity contribution in [1.29, 1.82) is 0 Å². The van der Waals surface area contributed by atoms with Crippen LogP contribution in [0.25, 0.3) is 0 Å². The van der Waals surface area contributed by atoms with Gasteiger partial charge < -0.3 is 36.3 Å². The molecular weight excluding hydrogens is 636 g/mol. The lowest BCUT2D eigenvalue weighted by molar-refractivity contribution is -0.120. The summed E-state index contributed by atoms with van der Waals surface area (Å²) in [6.07, 6.45) is -0.0104. The van der Waals surface area contributed by atoms with E-state index in [0.717, 1.165) is 16.5 Å². The first-order valence-corrected chi connectivity index (χ1v) is 15.7.